The van der Waals surface area contributed by atoms with E-state index in [0.29, 0.717) is 0 Å². The first-order chi connectivity index (χ1) is 11.8. The summed E-state index contributed by atoms with van der Waals surface area (Å²) in [6, 6.07) is 10.6. The number of nitrogens with zero attached hydrogens (tertiary/aromatic N) is 4. The first-order valence-electron chi connectivity index (χ1n) is 8.87. The monoisotopic (exact) mass is 330 g/mol. The standard InChI is InChI=1S/C18H26N4O2/c1-15-19-17(20-7-11-23-12-8-20)18(21-9-13-24-14-10-21)22(15)16-5-3-2-4-6-16/h2-6,17-18H,7-14H2,1H3. The molecule has 24 heavy (non-hydrogen) atoms. The average molecular weight is 330 g/mol. The molecule has 1 aromatic rings. The van der Waals surface area contributed by atoms with Crippen molar-refractivity contribution in [3.63, 3.8) is 0 Å². The van der Waals surface area contributed by atoms with Crippen molar-refractivity contribution in [3.8, 4) is 0 Å². The number of hydrogen-bond donors (Lipinski definition) is 0. The number of amidine groups is 1. The molecule has 3 aliphatic heterocycles. The van der Waals surface area contributed by atoms with Gasteiger partial charge in [0.2, 0.25) is 0 Å². The number of benzene rings is 1. The maximum atomic E-state index is 5.58. The smallest absolute Gasteiger partial charge is 0.139 e. The van der Waals surface area contributed by atoms with Crippen molar-refractivity contribution in [1.82, 2.24) is 9.80 Å². The van der Waals surface area contributed by atoms with Crippen LogP contribution in [0.3, 0.4) is 0 Å². The number of ether oxygens (including phenoxy) is 2. The second-order valence-corrected chi connectivity index (χ2v) is 6.51. The first kappa shape index (κ1) is 16.0. The molecule has 130 valence electrons. The van der Waals surface area contributed by atoms with Gasteiger partial charge in [0, 0.05) is 31.9 Å². The lowest BCUT2D eigenvalue weighted by Gasteiger charge is -2.43. The van der Waals surface area contributed by atoms with Crippen molar-refractivity contribution >= 4 is 11.5 Å². The van der Waals surface area contributed by atoms with Crippen LogP contribution >= 0.6 is 0 Å². The maximum Gasteiger partial charge on any atom is 0.139 e. The Bertz CT molecular complexity index is 568. The summed E-state index contributed by atoms with van der Waals surface area (Å²) in [5.74, 6) is 1.09. The molecular weight excluding hydrogens is 304 g/mol. The molecule has 0 bridgehead atoms. The summed E-state index contributed by atoms with van der Waals surface area (Å²) in [5, 5.41) is 0. The zero-order chi connectivity index (χ0) is 16.4. The van der Waals surface area contributed by atoms with Crippen molar-refractivity contribution in [1.29, 1.82) is 0 Å². The molecule has 0 aliphatic carbocycles. The Hall–Kier alpha value is -1.47. The van der Waals surface area contributed by atoms with Crippen molar-refractivity contribution in [3.05, 3.63) is 30.3 Å². The Kier molecular flexibility index (Phi) is 4.80. The molecule has 0 amide bonds. The predicted octanol–water partition coefficient (Wildman–Crippen LogP) is 1.24. The molecule has 0 aromatic heterocycles. The summed E-state index contributed by atoms with van der Waals surface area (Å²) in [7, 11) is 0. The summed E-state index contributed by atoms with van der Waals surface area (Å²) in [5.41, 5.74) is 1.21. The second kappa shape index (κ2) is 7.19. The minimum atomic E-state index is 0.159. The Balaban J connectivity index is 1.65. The van der Waals surface area contributed by atoms with Gasteiger partial charge in [-0.1, -0.05) is 18.2 Å². The van der Waals surface area contributed by atoms with E-state index in [4.69, 9.17) is 14.5 Å². The fraction of sp³-hybridized carbons (Fsp3) is 0.611. The van der Waals surface area contributed by atoms with Gasteiger partial charge in [-0.15, -0.1) is 0 Å². The van der Waals surface area contributed by atoms with E-state index >= 15 is 0 Å². The molecule has 0 N–H and O–H groups in total. The van der Waals surface area contributed by atoms with E-state index in [9.17, 15) is 0 Å². The molecule has 2 unspecified atom stereocenters. The van der Waals surface area contributed by atoms with Crippen LogP contribution in [-0.2, 0) is 9.47 Å². The van der Waals surface area contributed by atoms with Crippen LogP contribution in [0.2, 0.25) is 0 Å². The van der Waals surface area contributed by atoms with Crippen LogP contribution in [0.1, 0.15) is 6.92 Å². The van der Waals surface area contributed by atoms with Gasteiger partial charge in [0.1, 0.15) is 18.2 Å². The molecule has 0 radical (unpaired) electrons. The van der Waals surface area contributed by atoms with E-state index in [2.05, 4.69) is 52.0 Å². The van der Waals surface area contributed by atoms with E-state index in [0.717, 1.165) is 58.4 Å². The molecule has 2 fully saturated rings. The van der Waals surface area contributed by atoms with Gasteiger partial charge in [0.05, 0.1) is 26.4 Å². The molecule has 3 heterocycles. The van der Waals surface area contributed by atoms with Crippen LogP contribution in [-0.4, -0.2) is 80.6 Å². The first-order valence-corrected chi connectivity index (χ1v) is 8.87. The number of aliphatic imine (C=N–C) groups is 1. The minimum Gasteiger partial charge on any atom is -0.379 e. The molecule has 2 saturated heterocycles. The highest BCUT2D eigenvalue weighted by Gasteiger charge is 2.42. The van der Waals surface area contributed by atoms with Gasteiger partial charge in [-0.25, -0.2) is 4.99 Å². The van der Waals surface area contributed by atoms with E-state index in [1.54, 1.807) is 0 Å². The third-order valence-electron chi connectivity index (χ3n) is 5.07. The van der Waals surface area contributed by atoms with Gasteiger partial charge >= 0.3 is 0 Å². The van der Waals surface area contributed by atoms with Crippen molar-refractivity contribution in [2.45, 2.75) is 19.3 Å². The van der Waals surface area contributed by atoms with Gasteiger partial charge in [-0.2, -0.15) is 0 Å². The highest BCUT2D eigenvalue weighted by molar-refractivity contribution is 5.98. The van der Waals surface area contributed by atoms with Gasteiger partial charge in [-0.05, 0) is 19.1 Å². The maximum absolute atomic E-state index is 5.58. The lowest BCUT2D eigenvalue weighted by atomic mass is 10.2. The molecule has 6 heteroatoms. The highest BCUT2D eigenvalue weighted by atomic mass is 16.5. The van der Waals surface area contributed by atoms with Gasteiger partial charge in [0.25, 0.3) is 0 Å². The SMILES string of the molecule is CC1=NC(N2CCOCC2)C(N2CCOCC2)N1c1ccccc1. The van der Waals surface area contributed by atoms with Crippen molar-refractivity contribution < 1.29 is 9.47 Å². The summed E-state index contributed by atoms with van der Waals surface area (Å²) in [6.07, 6.45) is 0.390. The number of para-hydroxylation sites is 1. The van der Waals surface area contributed by atoms with Crippen LogP contribution in [0.5, 0.6) is 0 Å². The Morgan fingerprint density at radius 3 is 2.08 bits per heavy atom. The molecule has 4 rings (SSSR count). The molecule has 6 nitrogen and oxygen atoms in total. The van der Waals surface area contributed by atoms with E-state index in [1.165, 1.54) is 5.69 Å². The zero-order valence-electron chi connectivity index (χ0n) is 14.3. The van der Waals surface area contributed by atoms with Crippen LogP contribution in [0.4, 0.5) is 5.69 Å². The van der Waals surface area contributed by atoms with Gasteiger partial charge < -0.3 is 14.4 Å². The summed E-state index contributed by atoms with van der Waals surface area (Å²) >= 11 is 0. The summed E-state index contributed by atoms with van der Waals surface area (Å²) < 4.78 is 11.1. The molecule has 0 saturated carbocycles. The number of rotatable bonds is 3. The van der Waals surface area contributed by atoms with Gasteiger partial charge in [-0.3, -0.25) is 9.80 Å². The quantitative estimate of drug-likeness (QED) is 0.834. The van der Waals surface area contributed by atoms with Crippen LogP contribution in [0, 0.1) is 0 Å². The molecule has 2 atom stereocenters. The molecular formula is C18H26N4O2. The topological polar surface area (TPSA) is 40.5 Å². The summed E-state index contributed by atoms with van der Waals surface area (Å²) in [6.45, 7) is 9.13. The van der Waals surface area contributed by atoms with Crippen LogP contribution < -0.4 is 4.90 Å². The van der Waals surface area contributed by atoms with E-state index in [1.807, 2.05) is 0 Å². The minimum absolute atomic E-state index is 0.159. The zero-order valence-corrected chi connectivity index (χ0v) is 14.3. The fourth-order valence-corrected chi connectivity index (χ4v) is 3.88. The van der Waals surface area contributed by atoms with Crippen molar-refractivity contribution in [2.75, 3.05) is 57.5 Å². The average Bonchev–Trinajstić information content (AvgIpc) is 3.01. The largest absolute Gasteiger partial charge is 0.379 e. The normalized spacial score (nSPS) is 29.7. The number of hydrogen-bond acceptors (Lipinski definition) is 6. The third-order valence-corrected chi connectivity index (χ3v) is 5.07. The van der Waals surface area contributed by atoms with Crippen molar-refractivity contribution in [2.24, 2.45) is 4.99 Å². The fourth-order valence-electron chi connectivity index (χ4n) is 3.88. The highest BCUT2D eigenvalue weighted by Crippen LogP contribution is 2.30. The molecule has 1 aromatic carbocycles. The Morgan fingerprint density at radius 2 is 1.46 bits per heavy atom. The number of morpholine rings is 2. The lowest BCUT2D eigenvalue weighted by Crippen LogP contribution is -2.60. The van der Waals surface area contributed by atoms with Crippen LogP contribution in [0.25, 0.3) is 0 Å². The van der Waals surface area contributed by atoms with E-state index in [-0.39, 0.29) is 12.3 Å². The number of anilines is 1. The van der Waals surface area contributed by atoms with E-state index < -0.39 is 0 Å². The lowest BCUT2D eigenvalue weighted by molar-refractivity contribution is -0.0273. The Morgan fingerprint density at radius 1 is 0.875 bits per heavy atom. The summed E-state index contributed by atoms with van der Waals surface area (Å²) in [4.78, 5) is 12.4. The third kappa shape index (κ3) is 3.07. The molecule has 3 aliphatic rings. The predicted molar refractivity (Wildman–Crippen MR) is 94.4 cm³/mol. The Labute approximate surface area is 143 Å². The second-order valence-electron chi connectivity index (χ2n) is 6.51. The molecule has 0 spiro atoms. The van der Waals surface area contributed by atoms with Crippen LogP contribution in [0.15, 0.2) is 35.3 Å². The van der Waals surface area contributed by atoms with Gasteiger partial charge in [0.15, 0.2) is 0 Å².